The molecule has 0 aliphatic rings. The zero-order valence-corrected chi connectivity index (χ0v) is 9.54. The predicted molar refractivity (Wildman–Crippen MR) is 65.1 cm³/mol. The SMILES string of the molecule is Fc1ccccc1NCc1cccc(C(F)F)c1. The molecule has 18 heavy (non-hydrogen) atoms. The zero-order chi connectivity index (χ0) is 13.0. The van der Waals surface area contributed by atoms with Crippen molar-refractivity contribution in [1.82, 2.24) is 0 Å². The highest BCUT2D eigenvalue weighted by molar-refractivity contribution is 5.45. The number of hydrogen-bond acceptors (Lipinski definition) is 1. The predicted octanol–water partition coefficient (Wildman–Crippen LogP) is 4.38. The van der Waals surface area contributed by atoms with Crippen molar-refractivity contribution in [2.75, 3.05) is 5.32 Å². The molecule has 0 bridgehead atoms. The number of benzene rings is 2. The summed E-state index contributed by atoms with van der Waals surface area (Å²) in [4.78, 5) is 0. The molecule has 1 nitrogen and oxygen atoms in total. The topological polar surface area (TPSA) is 12.0 Å². The number of halogens is 3. The molecule has 0 atom stereocenters. The van der Waals surface area contributed by atoms with Gasteiger partial charge in [0.2, 0.25) is 0 Å². The van der Waals surface area contributed by atoms with Crippen LogP contribution in [0.1, 0.15) is 17.6 Å². The molecular weight excluding hydrogens is 239 g/mol. The number of alkyl halides is 2. The van der Waals surface area contributed by atoms with Gasteiger partial charge in [0.25, 0.3) is 6.43 Å². The number of para-hydroxylation sites is 1. The first kappa shape index (κ1) is 12.5. The lowest BCUT2D eigenvalue weighted by Gasteiger charge is -2.08. The van der Waals surface area contributed by atoms with Gasteiger partial charge in [0, 0.05) is 12.1 Å². The molecule has 4 heteroatoms. The molecule has 0 amide bonds. The Kier molecular flexibility index (Phi) is 3.87. The van der Waals surface area contributed by atoms with Crippen molar-refractivity contribution in [3.05, 3.63) is 65.5 Å². The van der Waals surface area contributed by atoms with E-state index in [-0.39, 0.29) is 11.4 Å². The maximum absolute atomic E-state index is 13.3. The Morgan fingerprint density at radius 3 is 2.50 bits per heavy atom. The average Bonchev–Trinajstić information content (AvgIpc) is 2.38. The van der Waals surface area contributed by atoms with Crippen molar-refractivity contribution < 1.29 is 13.2 Å². The van der Waals surface area contributed by atoms with E-state index >= 15 is 0 Å². The number of hydrogen-bond donors (Lipinski definition) is 1. The van der Waals surface area contributed by atoms with Gasteiger partial charge in [-0.15, -0.1) is 0 Å². The molecule has 0 heterocycles. The van der Waals surface area contributed by atoms with Gasteiger partial charge in [0.15, 0.2) is 0 Å². The van der Waals surface area contributed by atoms with Gasteiger partial charge in [-0.2, -0.15) is 0 Å². The van der Waals surface area contributed by atoms with Crippen LogP contribution in [0.5, 0.6) is 0 Å². The van der Waals surface area contributed by atoms with Crippen molar-refractivity contribution >= 4 is 5.69 Å². The van der Waals surface area contributed by atoms with Crippen molar-refractivity contribution in [2.24, 2.45) is 0 Å². The lowest BCUT2D eigenvalue weighted by Crippen LogP contribution is -2.01. The van der Waals surface area contributed by atoms with Gasteiger partial charge in [-0.3, -0.25) is 0 Å². The van der Waals surface area contributed by atoms with Gasteiger partial charge in [0.05, 0.1) is 5.69 Å². The number of anilines is 1. The van der Waals surface area contributed by atoms with Gasteiger partial charge < -0.3 is 5.32 Å². The first-order valence-corrected chi connectivity index (χ1v) is 5.52. The molecule has 0 aromatic heterocycles. The molecule has 0 saturated carbocycles. The first-order chi connectivity index (χ1) is 8.66. The van der Waals surface area contributed by atoms with Gasteiger partial charge in [0.1, 0.15) is 5.82 Å². The van der Waals surface area contributed by atoms with E-state index in [1.54, 1.807) is 30.3 Å². The summed E-state index contributed by atoms with van der Waals surface area (Å²) in [6.07, 6.45) is -2.49. The smallest absolute Gasteiger partial charge is 0.263 e. The Morgan fingerprint density at radius 1 is 1.00 bits per heavy atom. The van der Waals surface area contributed by atoms with Crippen LogP contribution < -0.4 is 5.32 Å². The maximum Gasteiger partial charge on any atom is 0.263 e. The second kappa shape index (κ2) is 5.58. The molecule has 0 aliphatic carbocycles. The molecule has 0 aliphatic heterocycles. The highest BCUT2D eigenvalue weighted by atomic mass is 19.3. The Balaban J connectivity index is 2.07. The summed E-state index contributed by atoms with van der Waals surface area (Å²) < 4.78 is 38.3. The minimum Gasteiger partial charge on any atom is -0.379 e. The first-order valence-electron chi connectivity index (χ1n) is 5.52. The molecule has 1 N–H and O–H groups in total. The van der Waals surface area contributed by atoms with Crippen LogP contribution in [0.2, 0.25) is 0 Å². The van der Waals surface area contributed by atoms with Gasteiger partial charge in [-0.1, -0.05) is 30.3 Å². The van der Waals surface area contributed by atoms with E-state index in [9.17, 15) is 13.2 Å². The molecular formula is C14H12F3N. The number of nitrogens with one attached hydrogen (secondary N) is 1. The van der Waals surface area contributed by atoms with Crippen LogP contribution in [-0.4, -0.2) is 0 Å². The fraction of sp³-hybridized carbons (Fsp3) is 0.143. The van der Waals surface area contributed by atoms with E-state index < -0.39 is 6.43 Å². The van der Waals surface area contributed by atoms with Crippen LogP contribution >= 0.6 is 0 Å². The molecule has 2 aromatic rings. The monoisotopic (exact) mass is 251 g/mol. The summed E-state index contributed by atoms with van der Waals surface area (Å²) in [5.74, 6) is -0.359. The van der Waals surface area contributed by atoms with Gasteiger partial charge >= 0.3 is 0 Å². The molecule has 0 saturated heterocycles. The maximum atomic E-state index is 13.3. The Labute approximate surface area is 103 Å². The summed E-state index contributed by atoms with van der Waals surface area (Å²) in [6.45, 7) is 0.307. The van der Waals surface area contributed by atoms with E-state index in [0.29, 0.717) is 17.8 Å². The number of rotatable bonds is 4. The fourth-order valence-corrected chi connectivity index (χ4v) is 1.64. The van der Waals surface area contributed by atoms with Crippen LogP contribution in [0.4, 0.5) is 18.9 Å². The van der Waals surface area contributed by atoms with E-state index in [1.165, 1.54) is 18.2 Å². The Morgan fingerprint density at radius 2 is 1.78 bits per heavy atom. The van der Waals surface area contributed by atoms with Crippen LogP contribution in [0, 0.1) is 5.82 Å². The third-order valence-electron chi connectivity index (χ3n) is 2.56. The second-order valence-electron chi connectivity index (χ2n) is 3.88. The van der Waals surface area contributed by atoms with E-state index in [0.717, 1.165) is 0 Å². The summed E-state index contributed by atoms with van der Waals surface area (Å²) >= 11 is 0. The quantitative estimate of drug-likeness (QED) is 0.850. The highest BCUT2D eigenvalue weighted by Gasteiger charge is 2.07. The van der Waals surface area contributed by atoms with Crippen LogP contribution in [0.15, 0.2) is 48.5 Å². The third-order valence-corrected chi connectivity index (χ3v) is 2.56. The second-order valence-corrected chi connectivity index (χ2v) is 3.88. The average molecular weight is 251 g/mol. The molecule has 2 aromatic carbocycles. The molecule has 0 unspecified atom stereocenters. The van der Waals surface area contributed by atoms with Gasteiger partial charge in [-0.05, 0) is 23.8 Å². The molecule has 2 rings (SSSR count). The zero-order valence-electron chi connectivity index (χ0n) is 9.54. The van der Waals surface area contributed by atoms with Crippen LogP contribution in [0.3, 0.4) is 0 Å². The highest BCUT2D eigenvalue weighted by Crippen LogP contribution is 2.20. The summed E-state index contributed by atoms with van der Waals surface area (Å²) in [5, 5.41) is 2.88. The molecule has 0 fully saturated rings. The fourth-order valence-electron chi connectivity index (χ4n) is 1.64. The molecule has 0 spiro atoms. The Hall–Kier alpha value is -1.97. The van der Waals surface area contributed by atoms with E-state index in [2.05, 4.69) is 5.32 Å². The van der Waals surface area contributed by atoms with E-state index in [1.807, 2.05) is 0 Å². The molecule has 0 radical (unpaired) electrons. The summed E-state index contributed by atoms with van der Waals surface area (Å²) in [5.41, 5.74) is 1.03. The minimum atomic E-state index is -2.49. The van der Waals surface area contributed by atoms with Crippen molar-refractivity contribution in [1.29, 1.82) is 0 Å². The molecule has 94 valence electrons. The van der Waals surface area contributed by atoms with Crippen LogP contribution in [0.25, 0.3) is 0 Å². The lowest BCUT2D eigenvalue weighted by molar-refractivity contribution is 0.151. The largest absolute Gasteiger partial charge is 0.379 e. The van der Waals surface area contributed by atoms with Crippen molar-refractivity contribution in [3.8, 4) is 0 Å². The Bertz CT molecular complexity index is 526. The van der Waals surface area contributed by atoms with Crippen molar-refractivity contribution in [2.45, 2.75) is 13.0 Å². The van der Waals surface area contributed by atoms with Crippen molar-refractivity contribution in [3.63, 3.8) is 0 Å². The normalized spacial score (nSPS) is 10.7. The summed E-state index contributed by atoms with van der Waals surface area (Å²) in [6, 6.07) is 12.3. The van der Waals surface area contributed by atoms with Gasteiger partial charge in [-0.25, -0.2) is 13.2 Å². The minimum absolute atomic E-state index is 0.0252. The standard InChI is InChI=1S/C14H12F3N/c15-12-6-1-2-7-13(12)18-9-10-4-3-5-11(8-10)14(16)17/h1-8,14,18H,9H2. The third kappa shape index (κ3) is 3.03. The van der Waals surface area contributed by atoms with Crippen LogP contribution in [-0.2, 0) is 6.54 Å². The lowest BCUT2D eigenvalue weighted by atomic mass is 10.1. The summed E-state index contributed by atoms with van der Waals surface area (Å²) in [7, 11) is 0. The van der Waals surface area contributed by atoms with E-state index in [4.69, 9.17) is 0 Å².